The molecule has 0 N–H and O–H groups in total. The minimum absolute atomic E-state index is 0.0853. The van der Waals surface area contributed by atoms with Crippen molar-refractivity contribution in [1.82, 2.24) is 0 Å². The predicted octanol–water partition coefficient (Wildman–Crippen LogP) is 5.19. The first-order valence-corrected chi connectivity index (χ1v) is 8.71. The number of rotatable bonds is 9. The van der Waals surface area contributed by atoms with E-state index >= 15 is 0 Å². The van der Waals surface area contributed by atoms with E-state index in [0.29, 0.717) is 0 Å². The summed E-state index contributed by atoms with van der Waals surface area (Å²) in [5.41, 5.74) is 0.739. The van der Waals surface area contributed by atoms with Crippen LogP contribution in [0.1, 0.15) is 50.4 Å². The molecule has 2 nitrogen and oxygen atoms in total. The summed E-state index contributed by atoms with van der Waals surface area (Å²) in [5.74, 6) is 0.0853. The number of hydrogen-bond donors (Lipinski definition) is 0. The van der Waals surface area contributed by atoms with Crippen molar-refractivity contribution in [3.63, 3.8) is 0 Å². The highest BCUT2D eigenvalue weighted by molar-refractivity contribution is 9.10. The summed E-state index contributed by atoms with van der Waals surface area (Å²) in [6.07, 6.45) is 7.29. The predicted molar refractivity (Wildman–Crippen MR) is 93.3 cm³/mol. The highest BCUT2D eigenvalue weighted by Gasteiger charge is 2.22. The molecule has 1 aromatic carbocycles. The van der Waals surface area contributed by atoms with Gasteiger partial charge in [0, 0.05) is 16.1 Å². The fourth-order valence-corrected chi connectivity index (χ4v) is 3.26. The number of hydrogen-bond acceptors (Lipinski definition) is 1. The molecule has 3 heteroatoms. The number of carbonyl (C=O) groups is 1. The molecule has 0 heterocycles. The number of allylic oxidation sites excluding steroid dienone is 1. The Kier molecular flexibility index (Phi) is 7.91. The summed E-state index contributed by atoms with van der Waals surface area (Å²) >= 11 is 3.42. The quantitative estimate of drug-likeness (QED) is 0.339. The lowest BCUT2D eigenvalue weighted by molar-refractivity contribution is -0.879. The number of carbonyl (C=O) groups excluding carboxylic acids is 1. The van der Waals surface area contributed by atoms with Crippen LogP contribution in [0.5, 0.6) is 0 Å². The van der Waals surface area contributed by atoms with Crippen LogP contribution in [0.3, 0.4) is 0 Å². The maximum atomic E-state index is 12.3. The third-order valence-electron chi connectivity index (χ3n) is 3.66. The summed E-state index contributed by atoms with van der Waals surface area (Å²) in [7, 11) is 0. The molecular weight excluding hydrogens is 326 g/mol. The second-order valence-corrected chi connectivity index (χ2v) is 6.50. The second kappa shape index (κ2) is 9.16. The summed E-state index contributed by atoms with van der Waals surface area (Å²) in [6.45, 7) is 9.94. The van der Waals surface area contributed by atoms with Gasteiger partial charge in [0.1, 0.15) is 0 Å². The topological polar surface area (TPSA) is 17.1 Å². The largest absolute Gasteiger partial charge is 0.297 e. The van der Waals surface area contributed by atoms with Gasteiger partial charge in [-0.25, -0.2) is 0 Å². The minimum atomic E-state index is 0.0853. The molecule has 0 saturated heterocycles. The number of quaternary nitrogens is 1. The van der Waals surface area contributed by atoms with Gasteiger partial charge in [-0.2, -0.15) is 0 Å². The SMILES string of the molecule is CCC[N+](C=CC(=O)c1cccc(Br)c1)(CCC)CCC. The Morgan fingerprint density at radius 2 is 1.67 bits per heavy atom. The first kappa shape index (κ1) is 18.1. The molecule has 0 aliphatic heterocycles. The normalized spacial score (nSPS) is 12.0. The first-order chi connectivity index (χ1) is 10.1. The van der Waals surface area contributed by atoms with Crippen LogP contribution in [-0.4, -0.2) is 29.9 Å². The van der Waals surface area contributed by atoms with E-state index in [1.807, 2.05) is 24.3 Å². The molecule has 0 radical (unpaired) electrons. The van der Waals surface area contributed by atoms with Crippen molar-refractivity contribution < 1.29 is 9.28 Å². The van der Waals surface area contributed by atoms with Gasteiger partial charge in [0.15, 0.2) is 5.78 Å². The van der Waals surface area contributed by atoms with E-state index in [1.54, 1.807) is 6.08 Å². The van der Waals surface area contributed by atoms with E-state index in [-0.39, 0.29) is 5.78 Å². The van der Waals surface area contributed by atoms with Crippen molar-refractivity contribution in [3.8, 4) is 0 Å². The fourth-order valence-electron chi connectivity index (χ4n) is 2.86. The number of benzene rings is 1. The highest BCUT2D eigenvalue weighted by atomic mass is 79.9. The third kappa shape index (κ3) is 5.76. The Morgan fingerprint density at radius 1 is 1.10 bits per heavy atom. The van der Waals surface area contributed by atoms with Crippen molar-refractivity contribution in [1.29, 1.82) is 0 Å². The van der Waals surface area contributed by atoms with Crippen molar-refractivity contribution in [3.05, 3.63) is 46.6 Å². The van der Waals surface area contributed by atoms with E-state index in [2.05, 4.69) is 42.9 Å². The zero-order chi connectivity index (χ0) is 15.7. The van der Waals surface area contributed by atoms with E-state index in [9.17, 15) is 4.79 Å². The van der Waals surface area contributed by atoms with Crippen LogP contribution >= 0.6 is 15.9 Å². The van der Waals surface area contributed by atoms with E-state index in [1.165, 1.54) is 0 Å². The standard InChI is InChI=1S/C18H27BrNO/c1-4-11-20(12-5-2,13-6-3)14-10-18(21)16-8-7-9-17(19)15-16/h7-10,14-15H,4-6,11-13H2,1-3H3/q+1. The van der Waals surface area contributed by atoms with E-state index in [4.69, 9.17) is 0 Å². The molecule has 0 aliphatic rings. The number of nitrogens with zero attached hydrogens (tertiary/aromatic N) is 1. The second-order valence-electron chi connectivity index (χ2n) is 5.58. The monoisotopic (exact) mass is 352 g/mol. The highest BCUT2D eigenvalue weighted by Crippen LogP contribution is 2.16. The smallest absolute Gasteiger partial charge is 0.191 e. The molecule has 0 aromatic heterocycles. The number of ketones is 1. The van der Waals surface area contributed by atoms with Gasteiger partial charge < -0.3 is 0 Å². The molecular formula is C18H27BrNO+. The van der Waals surface area contributed by atoms with Crippen molar-refractivity contribution >= 4 is 21.7 Å². The van der Waals surface area contributed by atoms with Crippen LogP contribution in [0.15, 0.2) is 41.0 Å². The molecule has 0 unspecified atom stereocenters. The molecule has 0 bridgehead atoms. The Balaban J connectivity index is 2.92. The molecule has 21 heavy (non-hydrogen) atoms. The molecule has 116 valence electrons. The van der Waals surface area contributed by atoms with Crippen LogP contribution in [0.4, 0.5) is 0 Å². The average Bonchev–Trinajstić information content (AvgIpc) is 2.45. The van der Waals surface area contributed by atoms with Crippen LogP contribution in [0.25, 0.3) is 0 Å². The summed E-state index contributed by atoms with van der Waals surface area (Å²) < 4.78 is 1.86. The Labute approximate surface area is 137 Å². The van der Waals surface area contributed by atoms with Gasteiger partial charge in [-0.1, -0.05) is 48.8 Å². The zero-order valence-corrected chi connectivity index (χ0v) is 15.0. The fraction of sp³-hybridized carbons (Fsp3) is 0.500. The molecule has 0 spiro atoms. The zero-order valence-electron chi connectivity index (χ0n) is 13.4. The Morgan fingerprint density at radius 3 is 2.14 bits per heavy atom. The van der Waals surface area contributed by atoms with Gasteiger partial charge in [-0.05, 0) is 31.4 Å². The van der Waals surface area contributed by atoms with Crippen LogP contribution < -0.4 is 0 Å². The number of halogens is 1. The van der Waals surface area contributed by atoms with Crippen LogP contribution in [0, 0.1) is 0 Å². The lowest BCUT2D eigenvalue weighted by Gasteiger charge is -2.34. The molecule has 0 aliphatic carbocycles. The van der Waals surface area contributed by atoms with Gasteiger partial charge >= 0.3 is 0 Å². The maximum Gasteiger partial charge on any atom is 0.191 e. The average molecular weight is 353 g/mol. The molecule has 0 atom stereocenters. The lowest BCUT2D eigenvalue weighted by Crippen LogP contribution is -2.44. The lowest BCUT2D eigenvalue weighted by atomic mass is 10.1. The van der Waals surface area contributed by atoms with Gasteiger partial charge in [-0.15, -0.1) is 0 Å². The van der Waals surface area contributed by atoms with Crippen LogP contribution in [-0.2, 0) is 0 Å². The van der Waals surface area contributed by atoms with E-state index < -0.39 is 0 Å². The summed E-state index contributed by atoms with van der Waals surface area (Å²) in [5, 5.41) is 0. The van der Waals surface area contributed by atoms with Crippen molar-refractivity contribution in [2.45, 2.75) is 40.0 Å². The molecule has 0 amide bonds. The van der Waals surface area contributed by atoms with Crippen molar-refractivity contribution in [2.24, 2.45) is 0 Å². The van der Waals surface area contributed by atoms with Crippen LogP contribution in [0.2, 0.25) is 0 Å². The molecule has 0 saturated carbocycles. The Hall–Kier alpha value is -0.930. The van der Waals surface area contributed by atoms with Crippen molar-refractivity contribution in [2.75, 3.05) is 19.6 Å². The summed E-state index contributed by atoms with van der Waals surface area (Å²) in [4.78, 5) is 12.3. The summed E-state index contributed by atoms with van der Waals surface area (Å²) in [6, 6.07) is 7.58. The molecule has 0 fully saturated rings. The first-order valence-electron chi connectivity index (χ1n) is 7.91. The van der Waals surface area contributed by atoms with Gasteiger partial charge in [0.2, 0.25) is 0 Å². The minimum Gasteiger partial charge on any atom is -0.297 e. The van der Waals surface area contributed by atoms with Gasteiger partial charge in [0.05, 0.1) is 25.8 Å². The Bertz CT molecular complexity index is 465. The molecule has 1 aromatic rings. The third-order valence-corrected chi connectivity index (χ3v) is 4.15. The van der Waals surface area contributed by atoms with Gasteiger partial charge in [-0.3, -0.25) is 9.28 Å². The molecule has 1 rings (SSSR count). The van der Waals surface area contributed by atoms with E-state index in [0.717, 1.165) is 53.4 Å². The maximum absolute atomic E-state index is 12.3. The van der Waals surface area contributed by atoms with Gasteiger partial charge in [0.25, 0.3) is 0 Å².